The van der Waals surface area contributed by atoms with Gasteiger partial charge in [-0.2, -0.15) is 0 Å². The van der Waals surface area contributed by atoms with E-state index in [9.17, 15) is 14.7 Å². The van der Waals surface area contributed by atoms with Crippen molar-refractivity contribution in [3.05, 3.63) is 29.8 Å². The summed E-state index contributed by atoms with van der Waals surface area (Å²) < 4.78 is 0. The Kier molecular flexibility index (Phi) is 7.32. The lowest BCUT2D eigenvalue weighted by atomic mass is 9.82. The predicted molar refractivity (Wildman–Crippen MR) is 131 cm³/mol. The minimum atomic E-state index is -0.204. The fourth-order valence-electron chi connectivity index (χ4n) is 5.94. The van der Waals surface area contributed by atoms with Gasteiger partial charge in [-0.1, -0.05) is 20.8 Å². The van der Waals surface area contributed by atoms with E-state index in [4.69, 9.17) is 0 Å². The van der Waals surface area contributed by atoms with Crippen LogP contribution >= 0.6 is 0 Å². The van der Waals surface area contributed by atoms with Crippen molar-refractivity contribution in [3.63, 3.8) is 0 Å². The molecule has 0 aromatic heterocycles. The highest BCUT2D eigenvalue weighted by molar-refractivity contribution is 5.94. The monoisotopic (exact) mass is 455 g/mol. The van der Waals surface area contributed by atoms with E-state index in [0.717, 1.165) is 75.8 Å². The number of aliphatic hydroxyl groups excluding tert-OH is 1. The van der Waals surface area contributed by atoms with Gasteiger partial charge in [-0.25, -0.2) is 0 Å². The van der Waals surface area contributed by atoms with Gasteiger partial charge in [0.05, 0.1) is 12.0 Å². The number of amides is 2. The van der Waals surface area contributed by atoms with Crippen LogP contribution in [-0.4, -0.2) is 60.1 Å². The Morgan fingerprint density at radius 2 is 1.70 bits per heavy atom. The average molecular weight is 456 g/mol. The van der Waals surface area contributed by atoms with Crippen molar-refractivity contribution in [3.8, 4) is 0 Å². The van der Waals surface area contributed by atoms with Crippen molar-refractivity contribution >= 4 is 17.5 Å². The third-order valence-corrected chi connectivity index (χ3v) is 7.86. The summed E-state index contributed by atoms with van der Waals surface area (Å²) in [6.45, 7) is 10.1. The van der Waals surface area contributed by atoms with E-state index in [2.05, 4.69) is 31.0 Å². The first kappa shape index (κ1) is 24.1. The summed E-state index contributed by atoms with van der Waals surface area (Å²) in [5.41, 5.74) is 2.11. The van der Waals surface area contributed by atoms with E-state index in [1.807, 2.05) is 29.2 Å². The molecule has 3 fully saturated rings. The van der Waals surface area contributed by atoms with Crippen LogP contribution in [0.4, 0.5) is 5.69 Å². The highest BCUT2D eigenvalue weighted by atomic mass is 16.3. The average Bonchev–Trinajstić information content (AvgIpc) is 3.23. The van der Waals surface area contributed by atoms with Gasteiger partial charge in [0.25, 0.3) is 5.91 Å². The summed E-state index contributed by atoms with van der Waals surface area (Å²) in [5.74, 6) is 0.781. The number of nitrogens with one attached hydrogen (secondary N) is 1. The molecule has 4 rings (SSSR count). The molecule has 33 heavy (non-hydrogen) atoms. The Labute approximate surface area is 198 Å². The van der Waals surface area contributed by atoms with E-state index in [-0.39, 0.29) is 35.3 Å². The molecule has 1 saturated carbocycles. The smallest absolute Gasteiger partial charge is 0.253 e. The van der Waals surface area contributed by atoms with Gasteiger partial charge in [0.15, 0.2) is 0 Å². The first-order chi connectivity index (χ1) is 15.7. The summed E-state index contributed by atoms with van der Waals surface area (Å²) in [6, 6.07) is 8.15. The van der Waals surface area contributed by atoms with Gasteiger partial charge in [-0.3, -0.25) is 9.59 Å². The number of nitrogens with zero attached hydrogens (tertiary/aromatic N) is 2. The van der Waals surface area contributed by atoms with E-state index in [1.54, 1.807) is 0 Å². The van der Waals surface area contributed by atoms with Gasteiger partial charge >= 0.3 is 0 Å². The number of anilines is 1. The Balaban J connectivity index is 1.31. The first-order valence-corrected chi connectivity index (χ1v) is 12.8. The lowest BCUT2D eigenvalue weighted by molar-refractivity contribution is -0.125. The molecule has 0 bridgehead atoms. The molecule has 2 N–H and O–H groups in total. The summed E-state index contributed by atoms with van der Waals surface area (Å²) in [5, 5.41) is 12.9. The molecule has 1 aliphatic carbocycles. The maximum Gasteiger partial charge on any atom is 0.253 e. The molecule has 182 valence electrons. The summed E-state index contributed by atoms with van der Waals surface area (Å²) in [4.78, 5) is 30.1. The molecule has 2 heterocycles. The van der Waals surface area contributed by atoms with Crippen LogP contribution in [0.5, 0.6) is 0 Å². The second kappa shape index (κ2) is 10.0. The number of rotatable bonds is 4. The fraction of sp³-hybridized carbons (Fsp3) is 0.704. The van der Waals surface area contributed by atoms with Crippen LogP contribution < -0.4 is 10.2 Å². The van der Waals surface area contributed by atoms with Crippen LogP contribution in [0, 0.1) is 17.3 Å². The van der Waals surface area contributed by atoms with E-state index in [1.165, 1.54) is 0 Å². The molecular weight excluding hydrogens is 414 g/mol. The summed E-state index contributed by atoms with van der Waals surface area (Å²) in [6.07, 6.45) is 6.13. The number of hydrogen-bond acceptors (Lipinski definition) is 4. The standard InChI is InChI=1S/C27H41N3O3/c1-19-16-27(2,3)13-15-30(17-19)26(33)20-4-8-23(9-5-20)29-14-12-21(18-29)25(32)28-22-6-10-24(31)11-7-22/h4-5,8-9,19,21-22,24,31H,6-7,10-18H2,1-3H3,(H,28,32). The van der Waals surface area contributed by atoms with Crippen molar-refractivity contribution in [2.24, 2.45) is 17.3 Å². The minimum absolute atomic E-state index is 0.0000929. The maximum absolute atomic E-state index is 13.1. The van der Waals surface area contributed by atoms with Crippen molar-refractivity contribution < 1.29 is 14.7 Å². The lowest BCUT2D eigenvalue weighted by Crippen LogP contribution is -2.42. The zero-order valence-corrected chi connectivity index (χ0v) is 20.6. The second-order valence-electron chi connectivity index (χ2n) is 11.5. The van der Waals surface area contributed by atoms with Crippen molar-refractivity contribution in [2.75, 3.05) is 31.1 Å². The third-order valence-electron chi connectivity index (χ3n) is 7.86. The third kappa shape index (κ3) is 6.08. The molecule has 3 aliphatic rings. The summed E-state index contributed by atoms with van der Waals surface area (Å²) in [7, 11) is 0. The minimum Gasteiger partial charge on any atom is -0.393 e. The van der Waals surface area contributed by atoms with E-state index in [0.29, 0.717) is 12.5 Å². The highest BCUT2D eigenvalue weighted by Crippen LogP contribution is 2.33. The van der Waals surface area contributed by atoms with Gasteiger partial charge in [0.1, 0.15) is 0 Å². The largest absolute Gasteiger partial charge is 0.393 e. The Hall–Kier alpha value is -2.08. The van der Waals surface area contributed by atoms with Gasteiger partial charge in [0, 0.05) is 43.5 Å². The lowest BCUT2D eigenvalue weighted by Gasteiger charge is -2.27. The zero-order chi connectivity index (χ0) is 23.6. The van der Waals surface area contributed by atoms with Crippen LogP contribution in [0.3, 0.4) is 0 Å². The normalized spacial score (nSPS) is 30.1. The maximum atomic E-state index is 13.1. The predicted octanol–water partition coefficient (Wildman–Crippen LogP) is 3.83. The molecule has 2 saturated heterocycles. The van der Waals surface area contributed by atoms with Crippen molar-refractivity contribution in [2.45, 2.75) is 77.9 Å². The molecule has 0 spiro atoms. The van der Waals surface area contributed by atoms with Gasteiger partial charge in [0.2, 0.25) is 5.91 Å². The molecule has 2 aliphatic heterocycles. The molecule has 0 radical (unpaired) electrons. The molecule has 6 nitrogen and oxygen atoms in total. The molecule has 6 heteroatoms. The van der Waals surface area contributed by atoms with Gasteiger partial charge < -0.3 is 20.2 Å². The second-order valence-corrected chi connectivity index (χ2v) is 11.5. The fourth-order valence-corrected chi connectivity index (χ4v) is 5.94. The van der Waals surface area contributed by atoms with E-state index >= 15 is 0 Å². The highest BCUT2D eigenvalue weighted by Gasteiger charge is 2.32. The first-order valence-electron chi connectivity index (χ1n) is 12.8. The number of benzene rings is 1. The van der Waals surface area contributed by atoms with Crippen LogP contribution in [0.2, 0.25) is 0 Å². The number of carbonyl (C=O) groups excluding carboxylic acids is 2. The van der Waals surface area contributed by atoms with Gasteiger partial charge in [-0.05, 0) is 80.5 Å². The van der Waals surface area contributed by atoms with Crippen LogP contribution in [0.1, 0.15) is 76.1 Å². The van der Waals surface area contributed by atoms with Gasteiger partial charge in [-0.15, -0.1) is 0 Å². The number of aliphatic hydroxyl groups is 1. The molecule has 2 atom stereocenters. The number of likely N-dealkylation sites (tertiary alicyclic amines) is 1. The quantitative estimate of drug-likeness (QED) is 0.724. The Bertz CT molecular complexity index is 830. The zero-order valence-electron chi connectivity index (χ0n) is 20.6. The van der Waals surface area contributed by atoms with E-state index < -0.39 is 0 Å². The molecular formula is C27H41N3O3. The molecule has 2 amide bonds. The SMILES string of the molecule is CC1CN(C(=O)c2ccc(N3CCC(C(=O)NC4CCC(O)CC4)C3)cc2)CCC(C)(C)C1. The topological polar surface area (TPSA) is 72.9 Å². The van der Waals surface area contributed by atoms with Crippen molar-refractivity contribution in [1.82, 2.24) is 10.2 Å². The molecule has 1 aromatic rings. The van der Waals surface area contributed by atoms with Crippen molar-refractivity contribution in [1.29, 1.82) is 0 Å². The molecule has 1 aromatic carbocycles. The Morgan fingerprint density at radius 1 is 1.00 bits per heavy atom. The number of hydrogen-bond donors (Lipinski definition) is 2. The Morgan fingerprint density at radius 3 is 2.39 bits per heavy atom. The van der Waals surface area contributed by atoms with Crippen LogP contribution in [0.25, 0.3) is 0 Å². The summed E-state index contributed by atoms with van der Waals surface area (Å²) >= 11 is 0. The van der Waals surface area contributed by atoms with Crippen LogP contribution in [-0.2, 0) is 4.79 Å². The number of carbonyl (C=O) groups is 2. The van der Waals surface area contributed by atoms with Crippen LogP contribution in [0.15, 0.2) is 24.3 Å². The molecule has 2 unspecified atom stereocenters.